The zero-order valence-electron chi connectivity index (χ0n) is 18.3. The number of aliphatic imine (C=N–C) groups is 1. The summed E-state index contributed by atoms with van der Waals surface area (Å²) in [7, 11) is 1.72. The number of benzene rings is 1. The molecule has 1 atom stereocenters. The Labute approximate surface area is 175 Å². The molecular weight excluding hydrogens is 362 g/mol. The van der Waals surface area contributed by atoms with E-state index in [1.54, 1.807) is 7.11 Å². The molecule has 0 radical (unpaired) electrons. The second-order valence-corrected chi connectivity index (χ2v) is 7.83. The molecule has 29 heavy (non-hydrogen) atoms. The first-order chi connectivity index (χ1) is 14.1. The van der Waals surface area contributed by atoms with Crippen LogP contribution in [0.4, 0.5) is 0 Å². The highest BCUT2D eigenvalue weighted by Crippen LogP contribution is 2.21. The van der Waals surface area contributed by atoms with E-state index in [0.717, 1.165) is 44.3 Å². The Balaban J connectivity index is 1.65. The van der Waals surface area contributed by atoms with Crippen molar-refractivity contribution in [1.29, 1.82) is 0 Å². The molecule has 3 rings (SSSR count). The maximum absolute atomic E-state index is 5.20. The number of guanidine groups is 1. The summed E-state index contributed by atoms with van der Waals surface area (Å²) in [5, 5.41) is 8.15. The number of aromatic nitrogens is 2. The van der Waals surface area contributed by atoms with Gasteiger partial charge in [-0.05, 0) is 45.1 Å². The molecule has 2 aromatic rings. The van der Waals surface area contributed by atoms with E-state index in [0.29, 0.717) is 19.1 Å². The highest BCUT2D eigenvalue weighted by atomic mass is 16.5. The van der Waals surface area contributed by atoms with Gasteiger partial charge >= 0.3 is 0 Å². The quantitative estimate of drug-likeness (QED) is 0.549. The van der Waals surface area contributed by atoms with Crippen LogP contribution in [0, 0.1) is 19.8 Å². The van der Waals surface area contributed by atoms with Crippen molar-refractivity contribution in [3.05, 3.63) is 52.8 Å². The fourth-order valence-electron chi connectivity index (χ4n) is 4.08. The van der Waals surface area contributed by atoms with Crippen molar-refractivity contribution in [2.75, 3.05) is 33.4 Å². The minimum Gasteiger partial charge on any atom is -0.383 e. The summed E-state index contributed by atoms with van der Waals surface area (Å²) in [5.74, 6) is 1.70. The summed E-state index contributed by atoms with van der Waals surface area (Å²) in [5.41, 5.74) is 4.89. The van der Waals surface area contributed by atoms with E-state index in [1.165, 1.54) is 23.2 Å². The molecule has 2 heterocycles. The van der Waals surface area contributed by atoms with Gasteiger partial charge in [0.2, 0.25) is 0 Å². The van der Waals surface area contributed by atoms with Crippen molar-refractivity contribution >= 4 is 5.96 Å². The van der Waals surface area contributed by atoms with Crippen LogP contribution in [0.25, 0.3) is 0 Å². The van der Waals surface area contributed by atoms with Crippen LogP contribution in [0.3, 0.4) is 0 Å². The molecule has 6 heteroatoms. The van der Waals surface area contributed by atoms with E-state index < -0.39 is 0 Å². The third-order valence-corrected chi connectivity index (χ3v) is 5.71. The van der Waals surface area contributed by atoms with E-state index >= 15 is 0 Å². The summed E-state index contributed by atoms with van der Waals surface area (Å²) >= 11 is 0. The molecule has 1 aromatic heterocycles. The Kier molecular flexibility index (Phi) is 7.69. The van der Waals surface area contributed by atoms with E-state index in [9.17, 15) is 0 Å². The van der Waals surface area contributed by atoms with Gasteiger partial charge in [0, 0.05) is 38.0 Å². The molecule has 1 aromatic carbocycles. The van der Waals surface area contributed by atoms with Crippen LogP contribution in [-0.2, 0) is 24.2 Å². The maximum atomic E-state index is 5.20. The molecule has 6 nitrogen and oxygen atoms in total. The first-order valence-electron chi connectivity index (χ1n) is 10.7. The lowest BCUT2D eigenvalue weighted by Crippen LogP contribution is -2.40. The first kappa shape index (κ1) is 21.4. The van der Waals surface area contributed by atoms with Gasteiger partial charge in [-0.25, -0.2) is 4.99 Å². The average Bonchev–Trinajstić information content (AvgIpc) is 3.29. The molecule has 1 fully saturated rings. The first-order valence-corrected chi connectivity index (χ1v) is 10.7. The molecular formula is C23H35N5O. The van der Waals surface area contributed by atoms with Crippen LogP contribution < -0.4 is 5.32 Å². The van der Waals surface area contributed by atoms with Gasteiger partial charge < -0.3 is 15.0 Å². The molecule has 0 aliphatic carbocycles. The minimum absolute atomic E-state index is 0.660. The SMILES string of the molecule is CCNC(=NCc1c(C)nn(CCOC)c1C)N1CCC(Cc2ccccc2)C1. The van der Waals surface area contributed by atoms with Crippen LogP contribution in [0.15, 0.2) is 35.3 Å². The predicted octanol–water partition coefficient (Wildman–Crippen LogP) is 3.18. The van der Waals surface area contributed by atoms with Crippen LogP contribution in [-0.4, -0.2) is 54.0 Å². The Bertz CT molecular complexity index is 799. The predicted molar refractivity (Wildman–Crippen MR) is 118 cm³/mol. The van der Waals surface area contributed by atoms with E-state index in [4.69, 9.17) is 9.73 Å². The lowest BCUT2D eigenvalue weighted by Gasteiger charge is -2.22. The highest BCUT2D eigenvalue weighted by Gasteiger charge is 2.25. The number of nitrogens with zero attached hydrogens (tertiary/aromatic N) is 4. The Morgan fingerprint density at radius 1 is 1.28 bits per heavy atom. The number of hydrogen-bond donors (Lipinski definition) is 1. The van der Waals surface area contributed by atoms with Crippen LogP contribution in [0.5, 0.6) is 0 Å². The van der Waals surface area contributed by atoms with Gasteiger partial charge in [-0.2, -0.15) is 5.10 Å². The monoisotopic (exact) mass is 397 g/mol. The minimum atomic E-state index is 0.660. The second-order valence-electron chi connectivity index (χ2n) is 7.83. The summed E-state index contributed by atoms with van der Waals surface area (Å²) < 4.78 is 7.23. The summed E-state index contributed by atoms with van der Waals surface area (Å²) in [6, 6.07) is 10.8. The van der Waals surface area contributed by atoms with Crippen LogP contribution >= 0.6 is 0 Å². The lowest BCUT2D eigenvalue weighted by molar-refractivity contribution is 0.182. The Hall–Kier alpha value is -2.34. The highest BCUT2D eigenvalue weighted by molar-refractivity contribution is 5.80. The summed E-state index contributed by atoms with van der Waals surface area (Å²) in [4.78, 5) is 7.38. The van der Waals surface area contributed by atoms with Crippen LogP contribution in [0.2, 0.25) is 0 Å². The van der Waals surface area contributed by atoms with Gasteiger partial charge in [-0.15, -0.1) is 0 Å². The van der Waals surface area contributed by atoms with Gasteiger partial charge in [-0.3, -0.25) is 4.68 Å². The zero-order valence-corrected chi connectivity index (χ0v) is 18.3. The van der Waals surface area contributed by atoms with E-state index in [1.807, 2.05) is 4.68 Å². The van der Waals surface area contributed by atoms with Crippen molar-refractivity contribution in [2.45, 2.75) is 46.7 Å². The zero-order chi connectivity index (χ0) is 20.6. The third kappa shape index (κ3) is 5.60. The topological polar surface area (TPSA) is 54.7 Å². The van der Waals surface area contributed by atoms with Gasteiger partial charge in [0.25, 0.3) is 0 Å². The van der Waals surface area contributed by atoms with E-state index in [-0.39, 0.29) is 0 Å². The largest absolute Gasteiger partial charge is 0.383 e. The van der Waals surface area contributed by atoms with Crippen molar-refractivity contribution < 1.29 is 4.74 Å². The fourth-order valence-corrected chi connectivity index (χ4v) is 4.08. The molecule has 0 bridgehead atoms. The Morgan fingerprint density at radius 3 is 2.79 bits per heavy atom. The van der Waals surface area contributed by atoms with Crippen molar-refractivity contribution in [3.8, 4) is 0 Å². The molecule has 1 N–H and O–H groups in total. The molecule has 158 valence electrons. The van der Waals surface area contributed by atoms with Gasteiger partial charge in [0.05, 0.1) is 25.4 Å². The van der Waals surface area contributed by atoms with Gasteiger partial charge in [0.15, 0.2) is 5.96 Å². The lowest BCUT2D eigenvalue weighted by atomic mass is 9.99. The second kappa shape index (κ2) is 10.4. The van der Waals surface area contributed by atoms with Gasteiger partial charge in [0.1, 0.15) is 0 Å². The Morgan fingerprint density at radius 2 is 2.07 bits per heavy atom. The van der Waals surface area contributed by atoms with E-state index in [2.05, 4.69) is 66.4 Å². The van der Waals surface area contributed by atoms with Crippen molar-refractivity contribution in [1.82, 2.24) is 20.0 Å². The molecule has 1 aliphatic heterocycles. The molecule has 1 aliphatic rings. The number of hydrogen-bond acceptors (Lipinski definition) is 3. The standard InChI is InChI=1S/C23H35N5O/c1-5-24-23(25-16-22-18(2)26-28(19(22)3)13-14-29-4)27-12-11-21(17-27)15-20-9-7-6-8-10-20/h6-10,21H,5,11-17H2,1-4H3,(H,24,25). The number of nitrogens with one attached hydrogen (secondary N) is 1. The third-order valence-electron chi connectivity index (χ3n) is 5.71. The normalized spacial score (nSPS) is 17.2. The fraction of sp³-hybridized carbons (Fsp3) is 0.565. The molecule has 0 saturated carbocycles. The molecule has 1 unspecified atom stereocenters. The summed E-state index contributed by atoms with van der Waals surface area (Å²) in [6.07, 6.45) is 2.35. The summed E-state index contributed by atoms with van der Waals surface area (Å²) in [6.45, 7) is 11.4. The number of methoxy groups -OCH3 is 1. The average molecular weight is 398 g/mol. The van der Waals surface area contributed by atoms with Gasteiger partial charge in [-0.1, -0.05) is 30.3 Å². The molecule has 0 amide bonds. The number of ether oxygens (including phenoxy) is 1. The van der Waals surface area contributed by atoms with Crippen molar-refractivity contribution in [2.24, 2.45) is 10.9 Å². The van der Waals surface area contributed by atoms with Crippen LogP contribution in [0.1, 0.15) is 35.9 Å². The number of rotatable bonds is 8. The molecule has 1 saturated heterocycles. The maximum Gasteiger partial charge on any atom is 0.194 e. The smallest absolute Gasteiger partial charge is 0.194 e. The number of aryl methyl sites for hydroxylation is 1. The van der Waals surface area contributed by atoms with Crippen molar-refractivity contribution in [3.63, 3.8) is 0 Å². The number of likely N-dealkylation sites (tertiary alicyclic amines) is 1. The molecule has 0 spiro atoms.